The van der Waals surface area contributed by atoms with Gasteiger partial charge in [0.1, 0.15) is 12.7 Å². The molecule has 2 aromatic rings. The molecule has 3 rings (SSSR count). The maximum Gasteiger partial charge on any atom is 0.234 e. The van der Waals surface area contributed by atoms with Crippen LogP contribution in [0.3, 0.4) is 0 Å². The quantitative estimate of drug-likeness (QED) is 0.880. The van der Waals surface area contributed by atoms with Crippen molar-refractivity contribution in [2.75, 3.05) is 13.1 Å². The van der Waals surface area contributed by atoms with E-state index in [-0.39, 0.29) is 11.9 Å². The molecule has 2 atom stereocenters. The molecule has 0 aliphatic carbocycles. The van der Waals surface area contributed by atoms with Crippen LogP contribution in [0.4, 0.5) is 0 Å². The first-order valence-electron chi connectivity index (χ1n) is 7.61. The average molecular weight is 319 g/mol. The number of hydrogen-bond acceptors (Lipinski definition) is 5. The molecule has 1 fully saturated rings. The average Bonchev–Trinajstić information content (AvgIpc) is 3.22. The molecule has 1 aliphatic heterocycles. The van der Waals surface area contributed by atoms with Crippen molar-refractivity contribution in [3.05, 3.63) is 35.0 Å². The first-order chi connectivity index (χ1) is 10.7. The zero-order valence-corrected chi connectivity index (χ0v) is 13.5. The summed E-state index contributed by atoms with van der Waals surface area (Å²) in [7, 11) is 0. The number of amides is 1. The Morgan fingerprint density at radius 2 is 2.50 bits per heavy atom. The standard InChI is InChI=1S/C15H21N5OS/c1-12(14-5-3-7-22-14)18-15(21)9-19-6-2-4-13(19)8-20-11-16-10-17-20/h3,5,7,10-13H,2,4,6,8-9H2,1H3,(H,18,21). The van der Waals surface area contributed by atoms with Crippen LogP contribution in [0.25, 0.3) is 0 Å². The Bertz CT molecular complexity index is 583. The monoisotopic (exact) mass is 319 g/mol. The van der Waals surface area contributed by atoms with Gasteiger partial charge in [-0.2, -0.15) is 5.10 Å². The smallest absolute Gasteiger partial charge is 0.234 e. The van der Waals surface area contributed by atoms with E-state index in [1.807, 2.05) is 23.1 Å². The Morgan fingerprint density at radius 3 is 3.23 bits per heavy atom. The maximum atomic E-state index is 12.3. The van der Waals surface area contributed by atoms with E-state index in [4.69, 9.17) is 0 Å². The van der Waals surface area contributed by atoms with E-state index in [0.29, 0.717) is 12.6 Å². The van der Waals surface area contributed by atoms with Crippen LogP contribution in [0, 0.1) is 0 Å². The van der Waals surface area contributed by atoms with Gasteiger partial charge in [0.05, 0.1) is 19.1 Å². The molecule has 1 aliphatic rings. The van der Waals surface area contributed by atoms with E-state index in [1.165, 1.54) is 4.88 Å². The molecule has 1 N–H and O–H groups in total. The minimum atomic E-state index is 0.0730. The van der Waals surface area contributed by atoms with Crippen LogP contribution in [-0.2, 0) is 11.3 Å². The second-order valence-corrected chi connectivity index (χ2v) is 6.67. The Hall–Kier alpha value is -1.73. The van der Waals surface area contributed by atoms with Gasteiger partial charge in [-0.05, 0) is 37.8 Å². The van der Waals surface area contributed by atoms with Crippen molar-refractivity contribution >= 4 is 17.2 Å². The Labute approximate surface area is 134 Å². The Balaban J connectivity index is 1.51. The van der Waals surface area contributed by atoms with Crippen molar-refractivity contribution in [3.8, 4) is 0 Å². The molecule has 1 amide bonds. The van der Waals surface area contributed by atoms with Gasteiger partial charge in [-0.3, -0.25) is 14.4 Å². The second kappa shape index (κ2) is 7.02. The summed E-state index contributed by atoms with van der Waals surface area (Å²) in [5.41, 5.74) is 0. The molecular formula is C15H21N5OS. The predicted octanol–water partition coefficient (Wildman–Crippen LogP) is 1.68. The second-order valence-electron chi connectivity index (χ2n) is 5.69. The molecule has 0 spiro atoms. The van der Waals surface area contributed by atoms with Crippen LogP contribution in [0.1, 0.15) is 30.7 Å². The number of aromatic nitrogens is 3. The van der Waals surface area contributed by atoms with Gasteiger partial charge in [0.15, 0.2) is 0 Å². The van der Waals surface area contributed by atoms with E-state index in [1.54, 1.807) is 24.0 Å². The number of nitrogens with zero attached hydrogens (tertiary/aromatic N) is 4. The van der Waals surface area contributed by atoms with Crippen LogP contribution < -0.4 is 5.32 Å². The zero-order chi connectivity index (χ0) is 15.4. The van der Waals surface area contributed by atoms with Gasteiger partial charge in [-0.1, -0.05) is 6.07 Å². The van der Waals surface area contributed by atoms with Crippen LogP contribution in [-0.4, -0.2) is 44.7 Å². The summed E-state index contributed by atoms with van der Waals surface area (Å²) in [6.45, 7) is 4.25. The summed E-state index contributed by atoms with van der Waals surface area (Å²) in [5.74, 6) is 0.0893. The summed E-state index contributed by atoms with van der Waals surface area (Å²) in [4.78, 5) is 19.7. The van der Waals surface area contributed by atoms with Gasteiger partial charge in [-0.15, -0.1) is 11.3 Å². The molecule has 0 saturated carbocycles. The predicted molar refractivity (Wildman–Crippen MR) is 85.5 cm³/mol. The number of carbonyl (C=O) groups is 1. The number of likely N-dealkylation sites (tertiary alicyclic amines) is 1. The first kappa shape index (κ1) is 15.2. The van der Waals surface area contributed by atoms with Crippen molar-refractivity contribution in [1.29, 1.82) is 0 Å². The van der Waals surface area contributed by atoms with Crippen molar-refractivity contribution in [2.45, 2.75) is 38.4 Å². The van der Waals surface area contributed by atoms with Gasteiger partial charge in [0.25, 0.3) is 0 Å². The Kier molecular flexibility index (Phi) is 4.84. The summed E-state index contributed by atoms with van der Waals surface area (Å²) < 4.78 is 1.84. The largest absolute Gasteiger partial charge is 0.348 e. The molecule has 0 radical (unpaired) electrons. The van der Waals surface area contributed by atoms with Crippen LogP contribution in [0.2, 0.25) is 0 Å². The SMILES string of the molecule is CC(NC(=O)CN1CCCC1Cn1cncn1)c1cccs1. The molecule has 0 aromatic carbocycles. The van der Waals surface area contributed by atoms with Crippen molar-refractivity contribution in [1.82, 2.24) is 25.0 Å². The first-order valence-corrected chi connectivity index (χ1v) is 8.49. The van der Waals surface area contributed by atoms with E-state index >= 15 is 0 Å². The third kappa shape index (κ3) is 3.72. The van der Waals surface area contributed by atoms with E-state index in [2.05, 4.69) is 26.4 Å². The van der Waals surface area contributed by atoms with Crippen molar-refractivity contribution in [2.24, 2.45) is 0 Å². The van der Waals surface area contributed by atoms with Crippen LogP contribution in [0.5, 0.6) is 0 Å². The topological polar surface area (TPSA) is 63.1 Å². The van der Waals surface area contributed by atoms with Gasteiger partial charge < -0.3 is 5.32 Å². The number of carbonyl (C=O) groups excluding carboxylic acids is 1. The lowest BCUT2D eigenvalue weighted by Gasteiger charge is -2.24. The third-order valence-corrected chi connectivity index (χ3v) is 5.11. The minimum absolute atomic E-state index is 0.0730. The highest BCUT2D eigenvalue weighted by molar-refractivity contribution is 7.10. The lowest BCUT2D eigenvalue weighted by Crippen LogP contribution is -2.42. The molecule has 6 nitrogen and oxygen atoms in total. The summed E-state index contributed by atoms with van der Waals surface area (Å²) >= 11 is 1.67. The van der Waals surface area contributed by atoms with Crippen molar-refractivity contribution < 1.29 is 4.79 Å². The maximum absolute atomic E-state index is 12.3. The highest BCUT2D eigenvalue weighted by atomic mass is 32.1. The van der Waals surface area contributed by atoms with Gasteiger partial charge in [-0.25, -0.2) is 4.98 Å². The lowest BCUT2D eigenvalue weighted by molar-refractivity contribution is -0.123. The van der Waals surface area contributed by atoms with E-state index in [0.717, 1.165) is 25.9 Å². The van der Waals surface area contributed by atoms with E-state index < -0.39 is 0 Å². The number of rotatable bonds is 6. The van der Waals surface area contributed by atoms with E-state index in [9.17, 15) is 4.79 Å². The fraction of sp³-hybridized carbons (Fsp3) is 0.533. The fourth-order valence-corrected chi connectivity index (χ4v) is 3.67. The lowest BCUT2D eigenvalue weighted by atomic mass is 10.2. The molecule has 22 heavy (non-hydrogen) atoms. The third-order valence-electron chi connectivity index (χ3n) is 4.06. The highest BCUT2D eigenvalue weighted by Gasteiger charge is 2.27. The van der Waals surface area contributed by atoms with Gasteiger partial charge in [0.2, 0.25) is 5.91 Å². The molecule has 118 valence electrons. The molecule has 1 saturated heterocycles. The summed E-state index contributed by atoms with van der Waals surface area (Å²) in [5, 5.41) is 9.27. The van der Waals surface area contributed by atoms with Crippen LogP contribution >= 0.6 is 11.3 Å². The number of hydrogen-bond donors (Lipinski definition) is 1. The molecule has 2 aromatic heterocycles. The molecular weight excluding hydrogens is 298 g/mol. The van der Waals surface area contributed by atoms with Gasteiger partial charge >= 0.3 is 0 Å². The van der Waals surface area contributed by atoms with Gasteiger partial charge in [0, 0.05) is 10.9 Å². The number of thiophene rings is 1. The fourth-order valence-electron chi connectivity index (χ4n) is 2.93. The zero-order valence-electron chi connectivity index (χ0n) is 12.7. The minimum Gasteiger partial charge on any atom is -0.348 e. The number of nitrogens with one attached hydrogen (secondary N) is 1. The molecule has 3 heterocycles. The molecule has 0 bridgehead atoms. The highest BCUT2D eigenvalue weighted by Crippen LogP contribution is 2.20. The van der Waals surface area contributed by atoms with Crippen molar-refractivity contribution in [3.63, 3.8) is 0 Å². The summed E-state index contributed by atoms with van der Waals surface area (Å²) in [6, 6.07) is 4.50. The Morgan fingerprint density at radius 1 is 1.59 bits per heavy atom. The molecule has 7 heteroatoms. The molecule has 2 unspecified atom stereocenters. The summed E-state index contributed by atoms with van der Waals surface area (Å²) in [6.07, 6.45) is 5.52. The van der Waals surface area contributed by atoms with Crippen LogP contribution in [0.15, 0.2) is 30.2 Å². The normalized spacial score (nSPS) is 20.1.